The monoisotopic (exact) mass is 466 g/mol. The van der Waals surface area contributed by atoms with Crippen molar-refractivity contribution in [1.82, 2.24) is 0 Å². The molecule has 1 aliphatic heterocycles. The second-order valence-corrected chi connectivity index (χ2v) is 7.75. The predicted octanol–water partition coefficient (Wildman–Crippen LogP) is 6.58. The number of ether oxygens (including phenoxy) is 2. The molecule has 0 amide bonds. The molecule has 1 unspecified atom stereocenters. The largest absolute Gasteiger partial charge is 0.483 e. The second kappa shape index (κ2) is 8.28. The van der Waals surface area contributed by atoms with E-state index in [2.05, 4.69) is 27.0 Å². The van der Waals surface area contributed by atoms with Crippen LogP contribution in [0.1, 0.15) is 24.0 Å². The molecular formula is C23H16BrClN2O2. The summed E-state index contributed by atoms with van der Waals surface area (Å²) in [6.07, 6.45) is 1.31. The number of benzene rings is 3. The normalized spacial score (nSPS) is 15.9. The molecule has 29 heavy (non-hydrogen) atoms. The summed E-state index contributed by atoms with van der Waals surface area (Å²) in [6.45, 7) is 2.34. The number of nitriles is 1. The van der Waals surface area contributed by atoms with Gasteiger partial charge in [0, 0.05) is 25.8 Å². The number of fused-ring (bicyclic) bond motifs is 3. The maximum absolute atomic E-state index is 9.97. The summed E-state index contributed by atoms with van der Waals surface area (Å²) in [5.74, 6) is 0.530. The molecule has 0 radical (unpaired) electrons. The number of hydrogen-bond donors (Lipinski definition) is 0. The van der Waals surface area contributed by atoms with Gasteiger partial charge >= 0.3 is 0 Å². The highest BCUT2D eigenvalue weighted by atomic mass is 79.9. The Kier molecular flexibility index (Phi) is 5.57. The standard InChI is InChI=1S/C23H16BrClN2O2/c1-2-28-13-27-23-19(12-26)21(14-7-9-15(24)10-8-14)18-11-20(25)16-5-3-4-6-17(16)22(18)29-23/h3-11,13,21H,2H2,1H3/b27-13-. The molecule has 0 bridgehead atoms. The van der Waals surface area contributed by atoms with Crippen molar-refractivity contribution >= 4 is 44.7 Å². The molecular weight excluding hydrogens is 452 g/mol. The molecule has 6 heteroatoms. The predicted molar refractivity (Wildman–Crippen MR) is 118 cm³/mol. The van der Waals surface area contributed by atoms with Crippen LogP contribution in [0.25, 0.3) is 10.8 Å². The number of allylic oxidation sites excluding steroid dienone is 1. The lowest BCUT2D eigenvalue weighted by atomic mass is 9.82. The maximum Gasteiger partial charge on any atom is 0.236 e. The molecule has 0 N–H and O–H groups in total. The van der Waals surface area contributed by atoms with Gasteiger partial charge in [-0.05, 0) is 30.7 Å². The highest BCUT2D eigenvalue weighted by molar-refractivity contribution is 9.10. The van der Waals surface area contributed by atoms with Crippen molar-refractivity contribution in [2.45, 2.75) is 12.8 Å². The van der Waals surface area contributed by atoms with Crippen molar-refractivity contribution < 1.29 is 9.47 Å². The Morgan fingerprint density at radius 1 is 1.21 bits per heavy atom. The fraction of sp³-hybridized carbons (Fsp3) is 0.130. The van der Waals surface area contributed by atoms with Crippen LogP contribution in [0.4, 0.5) is 0 Å². The third kappa shape index (κ3) is 3.62. The van der Waals surface area contributed by atoms with E-state index in [4.69, 9.17) is 21.1 Å². The van der Waals surface area contributed by atoms with E-state index in [-0.39, 0.29) is 11.8 Å². The van der Waals surface area contributed by atoms with E-state index in [1.165, 1.54) is 6.40 Å². The van der Waals surface area contributed by atoms with Crippen LogP contribution in [-0.2, 0) is 4.74 Å². The van der Waals surface area contributed by atoms with Gasteiger partial charge in [0.25, 0.3) is 0 Å². The molecule has 3 aromatic rings. The summed E-state index contributed by atoms with van der Waals surface area (Å²) >= 11 is 10.1. The summed E-state index contributed by atoms with van der Waals surface area (Å²) in [4.78, 5) is 4.29. The average molecular weight is 468 g/mol. The van der Waals surface area contributed by atoms with Gasteiger partial charge in [0.05, 0.1) is 12.5 Å². The number of halogens is 2. The zero-order valence-corrected chi connectivity index (χ0v) is 17.9. The minimum Gasteiger partial charge on any atom is -0.483 e. The Morgan fingerprint density at radius 3 is 2.62 bits per heavy atom. The van der Waals surface area contributed by atoms with E-state index < -0.39 is 0 Å². The van der Waals surface area contributed by atoms with Crippen molar-refractivity contribution in [3.8, 4) is 11.8 Å². The Labute approximate surface area is 182 Å². The van der Waals surface area contributed by atoms with E-state index in [1.54, 1.807) is 0 Å². The van der Waals surface area contributed by atoms with Crippen LogP contribution in [0.5, 0.6) is 5.75 Å². The van der Waals surface area contributed by atoms with Crippen LogP contribution >= 0.6 is 27.5 Å². The minimum atomic E-state index is -0.354. The highest BCUT2D eigenvalue weighted by Crippen LogP contribution is 2.48. The van der Waals surface area contributed by atoms with Crippen LogP contribution in [0.2, 0.25) is 5.02 Å². The lowest BCUT2D eigenvalue weighted by Gasteiger charge is -2.28. The summed E-state index contributed by atoms with van der Waals surface area (Å²) in [5.41, 5.74) is 2.19. The maximum atomic E-state index is 9.97. The second-order valence-electron chi connectivity index (χ2n) is 6.43. The van der Waals surface area contributed by atoms with Crippen molar-refractivity contribution in [2.75, 3.05) is 6.61 Å². The first-order valence-corrected chi connectivity index (χ1v) is 10.2. The molecule has 4 nitrogen and oxygen atoms in total. The smallest absolute Gasteiger partial charge is 0.236 e. The molecule has 4 rings (SSSR count). The van der Waals surface area contributed by atoms with Gasteiger partial charge in [-0.25, -0.2) is 0 Å². The van der Waals surface area contributed by atoms with Crippen molar-refractivity contribution in [1.29, 1.82) is 5.26 Å². The Bertz CT molecular complexity index is 1180. The molecule has 1 atom stereocenters. The number of rotatable bonds is 4. The first-order valence-electron chi connectivity index (χ1n) is 9.07. The van der Waals surface area contributed by atoms with Gasteiger partial charge in [-0.3, -0.25) is 0 Å². The summed E-state index contributed by atoms with van der Waals surface area (Å²) in [6, 6.07) is 19.8. The van der Waals surface area contributed by atoms with Crippen LogP contribution in [0, 0.1) is 11.3 Å². The highest BCUT2D eigenvalue weighted by Gasteiger charge is 2.33. The van der Waals surface area contributed by atoms with Crippen LogP contribution in [-0.4, -0.2) is 13.0 Å². The van der Waals surface area contributed by atoms with Crippen LogP contribution in [0.3, 0.4) is 0 Å². The molecule has 0 spiro atoms. The third-order valence-corrected chi connectivity index (χ3v) is 5.58. The lowest BCUT2D eigenvalue weighted by Crippen LogP contribution is -2.16. The molecule has 1 heterocycles. The number of aliphatic imine (C=N–C) groups is 1. The summed E-state index contributed by atoms with van der Waals surface area (Å²) < 4.78 is 12.3. The van der Waals surface area contributed by atoms with Crippen molar-refractivity contribution in [3.05, 3.63) is 86.7 Å². The Balaban J connectivity index is 2.00. The molecule has 144 valence electrons. The topological polar surface area (TPSA) is 54.6 Å². The zero-order chi connectivity index (χ0) is 20.4. The van der Waals surface area contributed by atoms with Crippen LogP contribution < -0.4 is 4.74 Å². The van der Waals surface area contributed by atoms with E-state index >= 15 is 0 Å². The van der Waals surface area contributed by atoms with Crippen LogP contribution in [0.15, 0.2) is 75.5 Å². The van der Waals surface area contributed by atoms with E-state index in [9.17, 15) is 5.26 Å². The fourth-order valence-corrected chi connectivity index (χ4v) is 4.00. The first-order chi connectivity index (χ1) is 14.1. The number of hydrogen-bond acceptors (Lipinski definition) is 4. The summed E-state index contributed by atoms with van der Waals surface area (Å²) in [5, 5.41) is 12.3. The van der Waals surface area contributed by atoms with Gasteiger partial charge in [0.2, 0.25) is 5.88 Å². The lowest BCUT2D eigenvalue weighted by molar-refractivity contribution is 0.336. The molecule has 0 saturated carbocycles. The van der Waals surface area contributed by atoms with Gasteiger partial charge < -0.3 is 9.47 Å². The Hall–Kier alpha value is -2.81. The molecule has 0 aliphatic carbocycles. The first kappa shape index (κ1) is 19.5. The molecule has 0 saturated heterocycles. The molecule has 1 aliphatic rings. The number of nitrogens with zero attached hydrogens (tertiary/aromatic N) is 2. The fourth-order valence-electron chi connectivity index (χ4n) is 3.45. The van der Waals surface area contributed by atoms with Gasteiger partial charge in [-0.1, -0.05) is 63.9 Å². The Morgan fingerprint density at radius 2 is 1.93 bits per heavy atom. The average Bonchev–Trinajstić information content (AvgIpc) is 2.74. The van der Waals surface area contributed by atoms with E-state index in [1.807, 2.05) is 61.5 Å². The minimum absolute atomic E-state index is 0.230. The zero-order valence-electron chi connectivity index (χ0n) is 15.5. The van der Waals surface area contributed by atoms with Gasteiger partial charge in [-0.15, -0.1) is 0 Å². The quantitative estimate of drug-likeness (QED) is 0.322. The van der Waals surface area contributed by atoms with Gasteiger partial charge in [0.15, 0.2) is 6.40 Å². The molecule has 0 aromatic heterocycles. The van der Waals surface area contributed by atoms with E-state index in [0.29, 0.717) is 23.0 Å². The third-order valence-electron chi connectivity index (χ3n) is 4.74. The van der Waals surface area contributed by atoms with E-state index in [0.717, 1.165) is 26.4 Å². The molecule has 3 aromatic carbocycles. The van der Waals surface area contributed by atoms with Crippen molar-refractivity contribution in [2.24, 2.45) is 4.99 Å². The van der Waals surface area contributed by atoms with Gasteiger partial charge in [0.1, 0.15) is 17.4 Å². The summed E-state index contributed by atoms with van der Waals surface area (Å²) in [7, 11) is 0. The van der Waals surface area contributed by atoms with Gasteiger partial charge in [-0.2, -0.15) is 10.3 Å². The SMILES string of the molecule is CCO/C=N\C1=C(C#N)C(c2ccc(Br)cc2)c2cc(Cl)c3ccccc3c2O1. The molecule has 0 fully saturated rings. The van der Waals surface area contributed by atoms with Crippen molar-refractivity contribution in [3.63, 3.8) is 0 Å².